The van der Waals surface area contributed by atoms with Gasteiger partial charge in [-0.25, -0.2) is 4.79 Å². The standard InChI is InChI=1S/C29H44O10/c1-26-7-3-16(38-25-24(34)23(33)22(32)20(13-30)39-25)12-28(26,35)9-5-19-18(26)4-8-27(2)17(6-10-29(19,27)36)15-11-21(31)37-14-15/h11,16-20,22-25,30,32-36H,3-10,12-14H2,1-2H3/t16-,17-,18?,19?,20-,22-,23+,24-,25-,26-,27-,28+,29+/m0/s1. The second-order valence-corrected chi connectivity index (χ2v) is 13.7. The highest BCUT2D eigenvalue weighted by molar-refractivity contribution is 5.85. The minimum Gasteiger partial charge on any atom is -0.458 e. The number of fused-ring (bicyclic) bond motifs is 5. The zero-order valence-electron chi connectivity index (χ0n) is 22.9. The van der Waals surface area contributed by atoms with Crippen LogP contribution in [0.1, 0.15) is 71.6 Å². The van der Waals surface area contributed by atoms with Crippen molar-refractivity contribution in [1.82, 2.24) is 0 Å². The molecule has 10 heteroatoms. The fourth-order valence-electron chi connectivity index (χ4n) is 9.85. The average molecular weight is 553 g/mol. The van der Waals surface area contributed by atoms with Crippen molar-refractivity contribution in [2.75, 3.05) is 13.2 Å². The number of rotatable bonds is 4. The number of cyclic esters (lactones) is 1. The van der Waals surface area contributed by atoms with Gasteiger partial charge in [0.2, 0.25) is 0 Å². The summed E-state index contributed by atoms with van der Waals surface area (Å²) >= 11 is 0. The Morgan fingerprint density at radius 1 is 0.923 bits per heavy atom. The van der Waals surface area contributed by atoms with E-state index < -0.39 is 60.0 Å². The highest BCUT2D eigenvalue weighted by atomic mass is 16.7. The van der Waals surface area contributed by atoms with E-state index in [2.05, 4.69) is 13.8 Å². The summed E-state index contributed by atoms with van der Waals surface area (Å²) in [6, 6.07) is 0. The highest BCUT2D eigenvalue weighted by Gasteiger charge is 2.70. The second kappa shape index (κ2) is 9.46. The fourth-order valence-corrected chi connectivity index (χ4v) is 9.85. The van der Waals surface area contributed by atoms with Gasteiger partial charge in [0.1, 0.15) is 31.0 Å². The van der Waals surface area contributed by atoms with E-state index in [1.54, 1.807) is 6.08 Å². The van der Waals surface area contributed by atoms with E-state index >= 15 is 0 Å². The Labute approximate surface area is 229 Å². The SMILES string of the molecule is C[C@@]12CC[C@H](O[C@H]3O[C@@H](CO)[C@H](O)[C@@H](O)[C@@H]3O)C[C@]1(O)CCC1C2CC[C@@]2(C)[C@H](C3=CC(=O)OC3)CC[C@@]12O. The van der Waals surface area contributed by atoms with E-state index in [4.69, 9.17) is 14.2 Å². The summed E-state index contributed by atoms with van der Waals surface area (Å²) < 4.78 is 16.8. The van der Waals surface area contributed by atoms with Gasteiger partial charge in [-0.3, -0.25) is 0 Å². The van der Waals surface area contributed by atoms with Gasteiger partial charge in [0.25, 0.3) is 0 Å². The van der Waals surface area contributed by atoms with Gasteiger partial charge < -0.3 is 44.8 Å². The quantitative estimate of drug-likeness (QED) is 0.214. The summed E-state index contributed by atoms with van der Waals surface area (Å²) in [5.41, 5.74) is -1.67. The van der Waals surface area contributed by atoms with Gasteiger partial charge in [0.05, 0.1) is 23.9 Å². The number of carbonyl (C=O) groups excluding carboxylic acids is 1. The van der Waals surface area contributed by atoms with Crippen LogP contribution in [0.25, 0.3) is 0 Å². The van der Waals surface area contributed by atoms with Crippen LogP contribution in [-0.2, 0) is 19.0 Å². The van der Waals surface area contributed by atoms with Crippen LogP contribution in [-0.4, -0.2) is 97.8 Å². The summed E-state index contributed by atoms with van der Waals surface area (Å²) in [6.45, 7) is 4.12. The van der Waals surface area contributed by atoms with E-state index in [-0.39, 0.29) is 29.1 Å². The maximum Gasteiger partial charge on any atom is 0.331 e. The molecule has 4 aliphatic carbocycles. The smallest absolute Gasteiger partial charge is 0.331 e. The van der Waals surface area contributed by atoms with Gasteiger partial charge in [-0.1, -0.05) is 13.8 Å². The Morgan fingerprint density at radius 2 is 1.64 bits per heavy atom. The molecule has 220 valence electrons. The lowest BCUT2D eigenvalue weighted by Gasteiger charge is -2.66. The van der Waals surface area contributed by atoms with E-state index in [0.29, 0.717) is 45.1 Å². The number of aliphatic hydroxyl groups is 6. The summed E-state index contributed by atoms with van der Waals surface area (Å²) in [7, 11) is 0. The van der Waals surface area contributed by atoms with Gasteiger partial charge >= 0.3 is 5.97 Å². The molecular weight excluding hydrogens is 508 g/mol. The van der Waals surface area contributed by atoms with Gasteiger partial charge in [-0.05, 0) is 80.1 Å². The van der Waals surface area contributed by atoms with Crippen molar-refractivity contribution in [3.63, 3.8) is 0 Å². The Morgan fingerprint density at radius 3 is 2.33 bits per heavy atom. The lowest BCUT2D eigenvalue weighted by atomic mass is 9.42. The summed E-state index contributed by atoms with van der Waals surface area (Å²) in [5.74, 6) is 0.00615. The molecule has 10 nitrogen and oxygen atoms in total. The van der Waals surface area contributed by atoms with Crippen molar-refractivity contribution in [3.8, 4) is 0 Å². The molecule has 0 spiro atoms. The van der Waals surface area contributed by atoms with Gasteiger partial charge in [0, 0.05) is 17.9 Å². The number of ether oxygens (including phenoxy) is 3. The average Bonchev–Trinajstić information content (AvgIpc) is 3.44. The number of carbonyl (C=O) groups is 1. The van der Waals surface area contributed by atoms with E-state index in [9.17, 15) is 35.4 Å². The predicted molar refractivity (Wildman–Crippen MR) is 136 cm³/mol. The number of aliphatic hydroxyl groups excluding tert-OH is 4. The van der Waals surface area contributed by atoms with Crippen molar-refractivity contribution >= 4 is 5.97 Å². The molecular formula is C29H44O10. The zero-order valence-corrected chi connectivity index (χ0v) is 22.9. The molecule has 2 unspecified atom stereocenters. The largest absolute Gasteiger partial charge is 0.458 e. The first kappa shape index (κ1) is 28.0. The van der Waals surface area contributed by atoms with Crippen LogP contribution in [0.3, 0.4) is 0 Å². The third-order valence-electron chi connectivity index (χ3n) is 12.3. The Hall–Kier alpha value is -1.11. The molecule has 6 rings (SSSR count). The minimum absolute atomic E-state index is 0.0491. The van der Waals surface area contributed by atoms with E-state index in [0.717, 1.165) is 24.8 Å². The van der Waals surface area contributed by atoms with Crippen LogP contribution < -0.4 is 0 Å². The van der Waals surface area contributed by atoms with Crippen LogP contribution in [0.15, 0.2) is 11.6 Å². The van der Waals surface area contributed by atoms with Gasteiger partial charge in [-0.2, -0.15) is 0 Å². The van der Waals surface area contributed by atoms with Gasteiger partial charge in [-0.15, -0.1) is 0 Å². The molecule has 2 heterocycles. The van der Waals surface area contributed by atoms with E-state index in [1.807, 2.05) is 0 Å². The number of hydrogen-bond acceptors (Lipinski definition) is 10. The second-order valence-electron chi connectivity index (χ2n) is 13.7. The van der Waals surface area contributed by atoms with Crippen LogP contribution in [0.2, 0.25) is 0 Å². The molecule has 0 bridgehead atoms. The molecule has 5 fully saturated rings. The predicted octanol–water partition coefficient (Wildman–Crippen LogP) is 0.543. The van der Waals surface area contributed by atoms with Crippen molar-refractivity contribution in [2.45, 2.75) is 120 Å². The topological polar surface area (TPSA) is 166 Å². The molecule has 4 saturated carbocycles. The molecule has 6 N–H and O–H groups in total. The number of esters is 1. The summed E-state index contributed by atoms with van der Waals surface area (Å²) in [5, 5.41) is 64.7. The molecule has 6 aliphatic rings. The zero-order chi connectivity index (χ0) is 28.0. The summed E-state index contributed by atoms with van der Waals surface area (Å²) in [4.78, 5) is 11.8. The Bertz CT molecular complexity index is 1020. The first-order chi connectivity index (χ1) is 18.4. The van der Waals surface area contributed by atoms with Crippen LogP contribution in [0, 0.1) is 28.6 Å². The number of hydrogen-bond donors (Lipinski definition) is 6. The Balaban J connectivity index is 1.19. The maximum atomic E-state index is 12.4. The van der Waals surface area contributed by atoms with Crippen molar-refractivity contribution in [2.24, 2.45) is 28.6 Å². The third-order valence-corrected chi connectivity index (χ3v) is 12.3. The lowest BCUT2D eigenvalue weighted by molar-refractivity contribution is -0.324. The highest BCUT2D eigenvalue weighted by Crippen LogP contribution is 2.70. The molecule has 39 heavy (non-hydrogen) atoms. The van der Waals surface area contributed by atoms with Crippen LogP contribution in [0.5, 0.6) is 0 Å². The lowest BCUT2D eigenvalue weighted by Crippen LogP contribution is -2.67. The molecule has 0 aromatic carbocycles. The first-order valence-corrected chi connectivity index (χ1v) is 14.6. The normalized spacial score (nSPS) is 55.3. The van der Waals surface area contributed by atoms with Crippen molar-refractivity contribution in [3.05, 3.63) is 11.6 Å². The van der Waals surface area contributed by atoms with Crippen LogP contribution >= 0.6 is 0 Å². The molecule has 0 aromatic rings. The fraction of sp³-hybridized carbons (Fsp3) is 0.897. The third kappa shape index (κ3) is 3.93. The van der Waals surface area contributed by atoms with Crippen molar-refractivity contribution < 1.29 is 49.6 Å². The molecule has 0 aromatic heterocycles. The maximum absolute atomic E-state index is 12.4. The first-order valence-electron chi connectivity index (χ1n) is 14.6. The van der Waals surface area contributed by atoms with Gasteiger partial charge in [0.15, 0.2) is 6.29 Å². The Kier molecular flexibility index (Phi) is 6.80. The monoisotopic (exact) mass is 552 g/mol. The van der Waals surface area contributed by atoms with Crippen LogP contribution in [0.4, 0.5) is 0 Å². The minimum atomic E-state index is -1.51. The molecule has 2 aliphatic heterocycles. The van der Waals surface area contributed by atoms with E-state index in [1.165, 1.54) is 0 Å². The molecule has 0 amide bonds. The molecule has 13 atom stereocenters. The molecule has 1 saturated heterocycles. The molecule has 0 radical (unpaired) electrons. The van der Waals surface area contributed by atoms with Crippen molar-refractivity contribution in [1.29, 1.82) is 0 Å². The summed E-state index contributed by atoms with van der Waals surface area (Å²) in [6.07, 6.45) is 0.543.